The van der Waals surface area contributed by atoms with Gasteiger partial charge in [0, 0.05) is 32.5 Å². The highest BCUT2D eigenvalue weighted by Gasteiger charge is 2.38. The van der Waals surface area contributed by atoms with E-state index in [4.69, 9.17) is 18.9 Å². The van der Waals surface area contributed by atoms with E-state index in [-0.39, 0.29) is 12.5 Å². The Kier molecular flexibility index (Phi) is 9.58. The first-order valence-electron chi connectivity index (χ1n) is 12.3. The predicted molar refractivity (Wildman–Crippen MR) is 136 cm³/mol. The normalized spacial score (nSPS) is 17.9. The van der Waals surface area contributed by atoms with Crippen LogP contribution >= 0.6 is 0 Å². The predicted octanol–water partition coefficient (Wildman–Crippen LogP) is 4.76. The van der Waals surface area contributed by atoms with Crippen molar-refractivity contribution < 1.29 is 33.6 Å². The number of nitrogens with zero attached hydrogens (tertiary/aromatic N) is 1. The van der Waals surface area contributed by atoms with Gasteiger partial charge in [-0.1, -0.05) is 24.3 Å². The summed E-state index contributed by atoms with van der Waals surface area (Å²) in [5.74, 6) is -0.340. The molecule has 1 amide bonds. The molecule has 3 rings (SSSR count). The smallest absolute Gasteiger partial charge is 0.410 e. The van der Waals surface area contributed by atoms with E-state index in [0.29, 0.717) is 45.0 Å². The number of methoxy groups -OCH3 is 1. The summed E-state index contributed by atoms with van der Waals surface area (Å²) in [7, 11) is 1.64. The maximum absolute atomic E-state index is 12.6. The fraction of sp³-hybridized carbons (Fsp3) is 0.500. The highest BCUT2D eigenvalue weighted by molar-refractivity contribution is 5.73. The van der Waals surface area contributed by atoms with Crippen molar-refractivity contribution in [3.63, 3.8) is 0 Å². The van der Waals surface area contributed by atoms with Gasteiger partial charge in [-0.05, 0) is 62.6 Å². The van der Waals surface area contributed by atoms with Crippen molar-refractivity contribution in [3.8, 4) is 11.5 Å². The van der Waals surface area contributed by atoms with Crippen LogP contribution in [0.1, 0.15) is 44.2 Å². The SMILES string of the molecule is COCCOc1cccc(CCOc2cccc([C@@H]3CN(C(=O)OC(C)(C)C)CC[C@H]3C(=O)O)c2)c1. The highest BCUT2D eigenvalue weighted by Crippen LogP contribution is 2.35. The number of carboxylic acid groups (broad SMARTS) is 1. The van der Waals surface area contributed by atoms with E-state index in [0.717, 1.165) is 16.9 Å². The summed E-state index contributed by atoms with van der Waals surface area (Å²) in [6.07, 6.45) is 0.643. The number of piperidine rings is 1. The van der Waals surface area contributed by atoms with Gasteiger partial charge in [-0.25, -0.2) is 4.79 Å². The van der Waals surface area contributed by atoms with Gasteiger partial charge in [-0.2, -0.15) is 0 Å². The third-order valence-corrected chi connectivity index (χ3v) is 5.98. The molecule has 1 heterocycles. The Morgan fingerprint density at radius 1 is 1.00 bits per heavy atom. The molecule has 36 heavy (non-hydrogen) atoms. The second-order valence-electron chi connectivity index (χ2n) is 9.93. The molecule has 1 saturated heterocycles. The molecule has 2 aromatic carbocycles. The van der Waals surface area contributed by atoms with Crippen molar-refractivity contribution >= 4 is 12.1 Å². The average molecular weight is 500 g/mol. The minimum atomic E-state index is -0.859. The van der Waals surface area contributed by atoms with E-state index < -0.39 is 23.6 Å². The number of carbonyl (C=O) groups is 2. The lowest BCUT2D eigenvalue weighted by Gasteiger charge is -2.37. The molecule has 1 aliphatic heterocycles. The van der Waals surface area contributed by atoms with Gasteiger partial charge in [-0.3, -0.25) is 4.79 Å². The van der Waals surface area contributed by atoms with E-state index in [1.165, 1.54) is 0 Å². The van der Waals surface area contributed by atoms with E-state index in [9.17, 15) is 14.7 Å². The van der Waals surface area contributed by atoms with Crippen LogP contribution in [0.4, 0.5) is 4.79 Å². The zero-order valence-electron chi connectivity index (χ0n) is 21.6. The van der Waals surface area contributed by atoms with Crippen molar-refractivity contribution in [1.82, 2.24) is 4.90 Å². The van der Waals surface area contributed by atoms with Crippen molar-refractivity contribution in [2.75, 3.05) is 40.0 Å². The van der Waals surface area contributed by atoms with Crippen LogP contribution in [0, 0.1) is 5.92 Å². The number of benzene rings is 2. The van der Waals surface area contributed by atoms with Gasteiger partial charge >= 0.3 is 12.1 Å². The number of hydrogen-bond donors (Lipinski definition) is 1. The lowest BCUT2D eigenvalue weighted by atomic mass is 9.81. The molecule has 1 fully saturated rings. The first-order valence-corrected chi connectivity index (χ1v) is 12.3. The molecule has 1 aliphatic rings. The van der Waals surface area contributed by atoms with Crippen LogP contribution in [0.15, 0.2) is 48.5 Å². The van der Waals surface area contributed by atoms with E-state index in [1.807, 2.05) is 69.3 Å². The maximum atomic E-state index is 12.6. The van der Waals surface area contributed by atoms with Gasteiger partial charge in [0.1, 0.15) is 23.7 Å². The number of carbonyl (C=O) groups excluding carboxylic acids is 1. The molecule has 2 aromatic rings. The van der Waals surface area contributed by atoms with Crippen molar-refractivity contribution in [2.45, 2.75) is 45.1 Å². The molecule has 0 aliphatic carbocycles. The van der Waals surface area contributed by atoms with Crippen LogP contribution in [0.2, 0.25) is 0 Å². The van der Waals surface area contributed by atoms with Crippen LogP contribution in [0.3, 0.4) is 0 Å². The highest BCUT2D eigenvalue weighted by atomic mass is 16.6. The Bertz CT molecular complexity index is 1020. The van der Waals surface area contributed by atoms with Gasteiger partial charge in [0.25, 0.3) is 0 Å². The first kappa shape index (κ1) is 27.3. The summed E-state index contributed by atoms with van der Waals surface area (Å²) >= 11 is 0. The van der Waals surface area contributed by atoms with Crippen LogP contribution in [-0.4, -0.2) is 67.7 Å². The molecular weight excluding hydrogens is 462 g/mol. The van der Waals surface area contributed by atoms with Gasteiger partial charge in [0.05, 0.1) is 19.1 Å². The van der Waals surface area contributed by atoms with E-state index >= 15 is 0 Å². The molecular formula is C28H37NO7. The fourth-order valence-corrected chi connectivity index (χ4v) is 4.23. The van der Waals surface area contributed by atoms with Crippen LogP contribution < -0.4 is 9.47 Å². The Hall–Kier alpha value is -3.26. The first-order chi connectivity index (χ1) is 17.2. The minimum Gasteiger partial charge on any atom is -0.493 e. The molecule has 8 heteroatoms. The number of likely N-dealkylation sites (tertiary alicyclic amines) is 1. The average Bonchev–Trinajstić information content (AvgIpc) is 2.83. The molecule has 2 atom stereocenters. The van der Waals surface area contributed by atoms with Gasteiger partial charge in [-0.15, -0.1) is 0 Å². The monoisotopic (exact) mass is 499 g/mol. The molecule has 0 saturated carbocycles. The topological polar surface area (TPSA) is 94.5 Å². The maximum Gasteiger partial charge on any atom is 0.410 e. The summed E-state index contributed by atoms with van der Waals surface area (Å²) in [6.45, 7) is 7.57. The molecule has 0 radical (unpaired) electrons. The van der Waals surface area contributed by atoms with Crippen molar-refractivity contribution in [2.24, 2.45) is 5.92 Å². The summed E-state index contributed by atoms with van der Waals surface area (Å²) < 4.78 is 22.2. The second-order valence-corrected chi connectivity index (χ2v) is 9.93. The van der Waals surface area contributed by atoms with Crippen LogP contribution in [0.5, 0.6) is 11.5 Å². The fourth-order valence-electron chi connectivity index (χ4n) is 4.23. The third kappa shape index (κ3) is 8.16. The molecule has 0 unspecified atom stereocenters. The largest absolute Gasteiger partial charge is 0.493 e. The molecule has 8 nitrogen and oxygen atoms in total. The zero-order chi connectivity index (χ0) is 26.1. The summed E-state index contributed by atoms with van der Waals surface area (Å²) in [6, 6.07) is 15.4. The number of ether oxygens (including phenoxy) is 4. The number of hydrogen-bond acceptors (Lipinski definition) is 6. The van der Waals surface area contributed by atoms with E-state index in [2.05, 4.69) is 0 Å². The Morgan fingerprint density at radius 3 is 2.39 bits per heavy atom. The van der Waals surface area contributed by atoms with Crippen LogP contribution in [0.25, 0.3) is 0 Å². The lowest BCUT2D eigenvalue weighted by molar-refractivity contribution is -0.144. The van der Waals surface area contributed by atoms with Crippen molar-refractivity contribution in [3.05, 3.63) is 59.7 Å². The Morgan fingerprint density at radius 2 is 1.69 bits per heavy atom. The minimum absolute atomic E-state index is 0.283. The number of aliphatic carboxylic acids is 1. The number of rotatable bonds is 10. The van der Waals surface area contributed by atoms with E-state index in [1.54, 1.807) is 12.0 Å². The third-order valence-electron chi connectivity index (χ3n) is 5.98. The second kappa shape index (κ2) is 12.6. The lowest BCUT2D eigenvalue weighted by Crippen LogP contribution is -2.46. The van der Waals surface area contributed by atoms with Gasteiger partial charge in [0.15, 0.2) is 0 Å². The summed E-state index contributed by atoms with van der Waals surface area (Å²) in [5.41, 5.74) is 1.31. The molecule has 0 spiro atoms. The van der Waals surface area contributed by atoms with Gasteiger partial charge < -0.3 is 29.0 Å². The van der Waals surface area contributed by atoms with Crippen LogP contribution in [-0.2, 0) is 20.7 Å². The molecule has 0 bridgehead atoms. The van der Waals surface area contributed by atoms with Crippen molar-refractivity contribution in [1.29, 1.82) is 0 Å². The molecule has 0 aromatic heterocycles. The summed E-state index contributed by atoms with van der Waals surface area (Å²) in [5, 5.41) is 9.83. The molecule has 1 N–H and O–H groups in total. The zero-order valence-corrected chi connectivity index (χ0v) is 21.6. The summed E-state index contributed by atoms with van der Waals surface area (Å²) in [4.78, 5) is 26.2. The Labute approximate surface area is 213 Å². The standard InChI is InChI=1S/C28H37NO7/c1-28(2,3)36-27(32)29-13-11-24(26(30)31)25(19-29)21-8-6-10-23(18-21)34-14-12-20-7-5-9-22(17-20)35-16-15-33-4/h5-10,17-18,24-25H,11-16,19H2,1-4H3,(H,30,31)/t24-,25+/m1/s1. The Balaban J connectivity index is 1.64. The van der Waals surface area contributed by atoms with Gasteiger partial charge in [0.2, 0.25) is 0 Å². The quantitative estimate of drug-likeness (QED) is 0.471. The molecule has 196 valence electrons. The number of amides is 1. The number of carboxylic acids is 1.